The summed E-state index contributed by atoms with van der Waals surface area (Å²) in [5.41, 5.74) is 7.06. The van der Waals surface area contributed by atoms with E-state index in [0.29, 0.717) is 11.0 Å². The van der Waals surface area contributed by atoms with Gasteiger partial charge in [-0.1, -0.05) is 31.5 Å². The molecule has 2 amide bonds. The van der Waals surface area contributed by atoms with Crippen LogP contribution in [0.4, 0.5) is 10.5 Å². The van der Waals surface area contributed by atoms with Crippen LogP contribution < -0.4 is 16.4 Å². The van der Waals surface area contributed by atoms with Gasteiger partial charge in [0, 0.05) is 17.3 Å². The van der Waals surface area contributed by atoms with Crippen LogP contribution >= 0.6 is 12.2 Å². The largest absolute Gasteiger partial charge is 0.389 e. The van der Waals surface area contributed by atoms with Crippen LogP contribution in [0, 0.1) is 0 Å². The number of anilines is 1. The molecule has 0 radical (unpaired) electrons. The number of amides is 2. The van der Waals surface area contributed by atoms with Crippen molar-refractivity contribution < 1.29 is 4.79 Å². The molecule has 0 bridgehead atoms. The van der Waals surface area contributed by atoms with Gasteiger partial charge >= 0.3 is 6.03 Å². The van der Waals surface area contributed by atoms with Gasteiger partial charge in [-0.3, -0.25) is 0 Å². The monoisotopic (exact) mass is 277 g/mol. The Hall–Kier alpha value is -1.62. The summed E-state index contributed by atoms with van der Waals surface area (Å²) in [6, 6.07) is 7.38. The smallest absolute Gasteiger partial charge is 0.319 e. The van der Waals surface area contributed by atoms with Gasteiger partial charge in [0.2, 0.25) is 0 Å². The molecular formula is C14H19N3OS. The standard InChI is InChI=1S/C14H19N3OS/c15-13(19)10-6-8-12(9-7-10)17-14(18)16-11-4-2-1-3-5-11/h6-9,11H,1-5H2,(H2,15,19)(H2,16,17,18). The molecule has 0 saturated heterocycles. The third-order valence-corrected chi connectivity index (χ3v) is 3.60. The van der Waals surface area contributed by atoms with E-state index in [1.165, 1.54) is 19.3 Å². The molecule has 4 nitrogen and oxygen atoms in total. The van der Waals surface area contributed by atoms with Crippen LogP contribution in [0.1, 0.15) is 37.7 Å². The van der Waals surface area contributed by atoms with Gasteiger partial charge in [-0.15, -0.1) is 0 Å². The molecule has 5 heteroatoms. The fourth-order valence-electron chi connectivity index (χ4n) is 2.32. The third-order valence-electron chi connectivity index (χ3n) is 3.37. The molecule has 0 unspecified atom stereocenters. The van der Waals surface area contributed by atoms with Crippen molar-refractivity contribution >= 4 is 28.9 Å². The SMILES string of the molecule is NC(=S)c1ccc(NC(=O)NC2CCCCC2)cc1. The van der Waals surface area contributed by atoms with E-state index < -0.39 is 0 Å². The van der Waals surface area contributed by atoms with Crippen LogP contribution in [0.25, 0.3) is 0 Å². The lowest BCUT2D eigenvalue weighted by Gasteiger charge is -2.22. The minimum atomic E-state index is -0.144. The number of benzene rings is 1. The van der Waals surface area contributed by atoms with Crippen molar-refractivity contribution in [1.29, 1.82) is 0 Å². The van der Waals surface area contributed by atoms with Crippen LogP contribution in [-0.2, 0) is 0 Å². The Morgan fingerprint density at radius 3 is 2.37 bits per heavy atom. The van der Waals surface area contributed by atoms with E-state index in [1.807, 2.05) is 0 Å². The molecule has 0 aromatic heterocycles. The van der Waals surface area contributed by atoms with E-state index in [0.717, 1.165) is 24.1 Å². The van der Waals surface area contributed by atoms with E-state index in [2.05, 4.69) is 10.6 Å². The first kappa shape index (κ1) is 13.8. The second-order valence-corrected chi connectivity index (χ2v) is 5.31. The van der Waals surface area contributed by atoms with Crippen molar-refractivity contribution in [3.63, 3.8) is 0 Å². The number of nitrogens with one attached hydrogen (secondary N) is 2. The highest BCUT2D eigenvalue weighted by Crippen LogP contribution is 2.17. The summed E-state index contributed by atoms with van der Waals surface area (Å²) in [5.74, 6) is 0. The molecule has 1 saturated carbocycles. The van der Waals surface area contributed by atoms with Crippen LogP contribution in [-0.4, -0.2) is 17.1 Å². The molecule has 1 aliphatic carbocycles. The Balaban J connectivity index is 1.85. The van der Waals surface area contributed by atoms with Crippen LogP contribution in [0.5, 0.6) is 0 Å². The predicted molar refractivity (Wildman–Crippen MR) is 81.4 cm³/mol. The van der Waals surface area contributed by atoms with Gasteiger partial charge in [-0.25, -0.2) is 4.79 Å². The van der Waals surface area contributed by atoms with Gasteiger partial charge < -0.3 is 16.4 Å². The lowest BCUT2D eigenvalue weighted by molar-refractivity contribution is 0.244. The summed E-state index contributed by atoms with van der Waals surface area (Å²) in [6.07, 6.45) is 5.84. The maximum absolute atomic E-state index is 11.8. The highest BCUT2D eigenvalue weighted by Gasteiger charge is 2.15. The Morgan fingerprint density at radius 2 is 1.79 bits per heavy atom. The zero-order valence-corrected chi connectivity index (χ0v) is 11.6. The van der Waals surface area contributed by atoms with Crippen molar-refractivity contribution in [2.45, 2.75) is 38.1 Å². The second-order valence-electron chi connectivity index (χ2n) is 4.87. The number of thiocarbonyl (C=S) groups is 1. The summed E-state index contributed by atoms with van der Waals surface area (Å²) < 4.78 is 0. The highest BCUT2D eigenvalue weighted by atomic mass is 32.1. The maximum Gasteiger partial charge on any atom is 0.319 e. The van der Waals surface area contributed by atoms with Crippen molar-refractivity contribution in [1.82, 2.24) is 5.32 Å². The van der Waals surface area contributed by atoms with Crippen LogP contribution in [0.15, 0.2) is 24.3 Å². The highest BCUT2D eigenvalue weighted by molar-refractivity contribution is 7.80. The minimum Gasteiger partial charge on any atom is -0.389 e. The second kappa shape index (κ2) is 6.52. The number of hydrogen-bond donors (Lipinski definition) is 3. The van der Waals surface area contributed by atoms with E-state index in [-0.39, 0.29) is 6.03 Å². The fraction of sp³-hybridized carbons (Fsp3) is 0.429. The average molecular weight is 277 g/mol. The molecule has 1 aliphatic rings. The lowest BCUT2D eigenvalue weighted by atomic mass is 9.96. The molecule has 1 fully saturated rings. The average Bonchev–Trinajstić information content (AvgIpc) is 2.40. The predicted octanol–water partition coefficient (Wildman–Crippen LogP) is 2.78. The van der Waals surface area contributed by atoms with E-state index in [1.54, 1.807) is 24.3 Å². The maximum atomic E-state index is 11.8. The molecule has 102 valence electrons. The van der Waals surface area contributed by atoms with E-state index >= 15 is 0 Å². The molecule has 0 atom stereocenters. The quantitative estimate of drug-likeness (QED) is 0.744. The van der Waals surface area contributed by atoms with Gasteiger partial charge in [0.25, 0.3) is 0 Å². The van der Waals surface area contributed by atoms with Crippen molar-refractivity contribution in [2.75, 3.05) is 5.32 Å². The Morgan fingerprint density at radius 1 is 1.16 bits per heavy atom. The summed E-state index contributed by atoms with van der Waals surface area (Å²) in [5, 5.41) is 5.83. The molecule has 0 spiro atoms. The first-order valence-electron chi connectivity index (χ1n) is 6.62. The van der Waals surface area contributed by atoms with Crippen LogP contribution in [0.3, 0.4) is 0 Å². The summed E-state index contributed by atoms with van der Waals surface area (Å²) >= 11 is 4.88. The summed E-state index contributed by atoms with van der Waals surface area (Å²) in [7, 11) is 0. The van der Waals surface area contributed by atoms with Crippen molar-refractivity contribution in [2.24, 2.45) is 5.73 Å². The van der Waals surface area contributed by atoms with Gasteiger partial charge in [0.1, 0.15) is 4.99 Å². The molecule has 1 aromatic rings. The van der Waals surface area contributed by atoms with Crippen molar-refractivity contribution in [3.8, 4) is 0 Å². The Kier molecular flexibility index (Phi) is 4.74. The zero-order valence-electron chi connectivity index (χ0n) is 10.8. The third kappa shape index (κ3) is 4.21. The number of urea groups is 1. The minimum absolute atomic E-state index is 0.144. The van der Waals surface area contributed by atoms with Gasteiger partial charge in [-0.05, 0) is 37.1 Å². The molecule has 4 N–H and O–H groups in total. The molecule has 0 aliphatic heterocycles. The fourth-order valence-corrected chi connectivity index (χ4v) is 2.45. The zero-order chi connectivity index (χ0) is 13.7. The summed E-state index contributed by atoms with van der Waals surface area (Å²) in [4.78, 5) is 12.2. The molecule has 1 aromatic carbocycles. The first-order valence-corrected chi connectivity index (χ1v) is 7.03. The molecule has 0 heterocycles. The number of carbonyl (C=O) groups is 1. The lowest BCUT2D eigenvalue weighted by Crippen LogP contribution is -2.39. The molecule has 2 rings (SSSR count). The molecule has 19 heavy (non-hydrogen) atoms. The Bertz CT molecular complexity index is 452. The first-order chi connectivity index (χ1) is 9.15. The summed E-state index contributed by atoms with van der Waals surface area (Å²) in [6.45, 7) is 0. The van der Waals surface area contributed by atoms with Gasteiger partial charge in [0.05, 0.1) is 0 Å². The topological polar surface area (TPSA) is 67.1 Å². The van der Waals surface area contributed by atoms with Gasteiger partial charge in [-0.2, -0.15) is 0 Å². The number of nitrogens with two attached hydrogens (primary N) is 1. The van der Waals surface area contributed by atoms with Crippen LogP contribution in [0.2, 0.25) is 0 Å². The molecular weight excluding hydrogens is 258 g/mol. The number of rotatable bonds is 3. The van der Waals surface area contributed by atoms with E-state index in [9.17, 15) is 4.79 Å². The Labute approximate surface area is 118 Å². The van der Waals surface area contributed by atoms with Gasteiger partial charge in [0.15, 0.2) is 0 Å². The van der Waals surface area contributed by atoms with E-state index in [4.69, 9.17) is 18.0 Å². The number of hydrogen-bond acceptors (Lipinski definition) is 2. The van der Waals surface area contributed by atoms with Crippen molar-refractivity contribution in [3.05, 3.63) is 29.8 Å². The number of carbonyl (C=O) groups excluding carboxylic acids is 1. The normalized spacial score (nSPS) is 15.8.